The molecule has 12 heteroatoms. The first-order chi connectivity index (χ1) is 21.1. The van der Waals surface area contributed by atoms with Gasteiger partial charge in [0.2, 0.25) is 0 Å². The maximum Gasteiger partial charge on any atom is 0.261 e. The number of amides is 2. The zero-order valence-electron chi connectivity index (χ0n) is 24.0. The van der Waals surface area contributed by atoms with Crippen LogP contribution >= 0.6 is 0 Å². The number of fused-ring (bicyclic) bond motifs is 4. The molecule has 2 amide bonds. The van der Waals surface area contributed by atoms with E-state index in [2.05, 4.69) is 20.2 Å². The highest BCUT2D eigenvalue weighted by atomic mass is 16.5. The molecule has 0 radical (unpaired) electrons. The quantitative estimate of drug-likeness (QED) is 0.435. The summed E-state index contributed by atoms with van der Waals surface area (Å²) >= 11 is 0. The molecule has 2 atom stereocenters. The maximum absolute atomic E-state index is 13.8. The number of anilines is 3. The predicted molar refractivity (Wildman–Crippen MR) is 158 cm³/mol. The molecular formula is C31H35N7O5. The zero-order valence-corrected chi connectivity index (χ0v) is 24.0. The summed E-state index contributed by atoms with van der Waals surface area (Å²) in [6.07, 6.45) is 8.99. The molecule has 1 aliphatic carbocycles. The predicted octanol–water partition coefficient (Wildman–Crippen LogP) is 2.51. The van der Waals surface area contributed by atoms with Crippen LogP contribution in [-0.4, -0.2) is 95.2 Å². The number of morpholine rings is 2. The Morgan fingerprint density at radius 3 is 2.65 bits per heavy atom. The van der Waals surface area contributed by atoms with Gasteiger partial charge in [0.15, 0.2) is 5.65 Å². The molecule has 2 bridgehead atoms. The first-order valence-electron chi connectivity index (χ1n) is 15.4. The molecule has 3 saturated heterocycles. The highest BCUT2D eigenvalue weighted by Gasteiger charge is 2.40. The van der Waals surface area contributed by atoms with Gasteiger partial charge in [-0.25, -0.2) is 9.50 Å². The standard InChI is InChI=1S/C31H35N7O5/c39-17-19-1-3-21(4-2-19)37-15-20-11-26(27(13-24(20)31(37)41)35-7-9-42-10-8-35)33-30(40)25-14-32-38-6-5-28(34-29(25)38)36-16-23-12-22(36)18-43-23/h5-6,11,13-14,17,19,21-23H,1-4,7-10,12,15-16,18H2,(H,33,40)/t19?,21?,22-,23-/m1/s1. The molecule has 1 saturated carbocycles. The Morgan fingerprint density at radius 1 is 1.07 bits per heavy atom. The minimum absolute atomic E-state index is 0.0253. The second-order valence-electron chi connectivity index (χ2n) is 12.3. The lowest BCUT2D eigenvalue weighted by atomic mass is 9.86. The average molecular weight is 586 g/mol. The Balaban J connectivity index is 1.09. The summed E-state index contributed by atoms with van der Waals surface area (Å²) < 4.78 is 13.0. The van der Waals surface area contributed by atoms with Crippen LogP contribution < -0.4 is 15.1 Å². The molecule has 2 aromatic heterocycles. The first kappa shape index (κ1) is 26.6. The van der Waals surface area contributed by atoms with Gasteiger partial charge in [-0.15, -0.1) is 0 Å². The van der Waals surface area contributed by atoms with Gasteiger partial charge in [-0.2, -0.15) is 5.10 Å². The van der Waals surface area contributed by atoms with Crippen molar-refractivity contribution in [2.75, 3.05) is 54.6 Å². The van der Waals surface area contributed by atoms with E-state index in [1.807, 2.05) is 29.3 Å². The Morgan fingerprint density at radius 2 is 1.91 bits per heavy atom. The van der Waals surface area contributed by atoms with Crippen molar-refractivity contribution in [3.63, 3.8) is 0 Å². The van der Waals surface area contributed by atoms with Crippen molar-refractivity contribution in [3.8, 4) is 0 Å². The number of aldehydes is 1. The maximum atomic E-state index is 13.8. The van der Waals surface area contributed by atoms with Crippen LogP contribution in [0.15, 0.2) is 30.6 Å². The second kappa shape index (κ2) is 10.6. The number of carbonyl (C=O) groups is 3. The number of ether oxygens (including phenoxy) is 2. The zero-order chi connectivity index (χ0) is 29.1. The van der Waals surface area contributed by atoms with E-state index < -0.39 is 0 Å². The Labute approximate surface area is 248 Å². The first-order valence-corrected chi connectivity index (χ1v) is 15.4. The molecule has 5 aliphatic rings. The number of carbonyl (C=O) groups excluding carboxylic acids is 3. The molecule has 6 heterocycles. The number of hydrogen-bond donors (Lipinski definition) is 1. The van der Waals surface area contributed by atoms with Crippen molar-refractivity contribution in [2.24, 2.45) is 5.92 Å². The van der Waals surface area contributed by atoms with E-state index in [0.717, 1.165) is 62.0 Å². The van der Waals surface area contributed by atoms with Gasteiger partial charge >= 0.3 is 0 Å². The molecule has 3 aromatic rings. The van der Waals surface area contributed by atoms with Crippen LogP contribution in [0.25, 0.3) is 5.65 Å². The summed E-state index contributed by atoms with van der Waals surface area (Å²) in [6, 6.07) is 6.26. The van der Waals surface area contributed by atoms with E-state index in [0.29, 0.717) is 68.0 Å². The molecule has 12 nitrogen and oxygen atoms in total. The van der Waals surface area contributed by atoms with E-state index >= 15 is 0 Å². The van der Waals surface area contributed by atoms with Crippen LogP contribution in [0.3, 0.4) is 0 Å². The molecule has 0 spiro atoms. The summed E-state index contributed by atoms with van der Waals surface area (Å²) in [6.45, 7) is 4.49. The second-order valence-corrected chi connectivity index (χ2v) is 12.3. The molecule has 1 N–H and O–H groups in total. The van der Waals surface area contributed by atoms with Gasteiger partial charge in [0, 0.05) is 49.9 Å². The normalized spacial score (nSPS) is 26.8. The lowest BCUT2D eigenvalue weighted by Crippen LogP contribution is -2.38. The van der Waals surface area contributed by atoms with Crippen molar-refractivity contribution in [1.29, 1.82) is 0 Å². The summed E-state index contributed by atoms with van der Waals surface area (Å²) in [5, 5.41) is 7.55. The van der Waals surface area contributed by atoms with E-state index in [9.17, 15) is 14.4 Å². The van der Waals surface area contributed by atoms with E-state index in [-0.39, 0.29) is 29.9 Å². The Kier molecular flexibility index (Phi) is 6.55. The van der Waals surface area contributed by atoms with Crippen molar-refractivity contribution in [3.05, 3.63) is 47.3 Å². The minimum Gasteiger partial charge on any atom is -0.378 e. The van der Waals surface area contributed by atoms with Gasteiger partial charge in [-0.3, -0.25) is 9.59 Å². The van der Waals surface area contributed by atoms with E-state index in [4.69, 9.17) is 14.5 Å². The van der Waals surface area contributed by atoms with Crippen molar-refractivity contribution >= 4 is 40.9 Å². The fraction of sp³-hybridized carbons (Fsp3) is 0.516. The van der Waals surface area contributed by atoms with Gasteiger partial charge < -0.3 is 34.3 Å². The number of benzene rings is 1. The lowest BCUT2D eigenvalue weighted by Gasteiger charge is -2.33. The third-order valence-electron chi connectivity index (χ3n) is 9.82. The number of aromatic nitrogens is 3. The molecule has 43 heavy (non-hydrogen) atoms. The van der Waals surface area contributed by atoms with Gasteiger partial charge in [0.25, 0.3) is 11.8 Å². The SMILES string of the molecule is O=CC1CCC(N2Cc3cc(NC(=O)c4cnn5ccc(N6C[C@H]7C[C@@H]6CO7)nc45)c(N4CCOCC4)cc3C2=O)CC1. The fourth-order valence-corrected chi connectivity index (χ4v) is 7.43. The molecular weight excluding hydrogens is 550 g/mol. The molecule has 4 fully saturated rings. The Bertz CT molecular complexity index is 1590. The Hall–Kier alpha value is -4.03. The molecule has 1 aromatic carbocycles. The molecule has 8 rings (SSSR count). The largest absolute Gasteiger partial charge is 0.378 e. The molecule has 224 valence electrons. The van der Waals surface area contributed by atoms with Crippen LogP contribution in [0.2, 0.25) is 0 Å². The third kappa shape index (κ3) is 4.63. The fourth-order valence-electron chi connectivity index (χ4n) is 7.43. The molecule has 4 aliphatic heterocycles. The number of nitrogens with one attached hydrogen (secondary N) is 1. The van der Waals surface area contributed by atoms with Crippen LogP contribution in [0.4, 0.5) is 17.2 Å². The van der Waals surface area contributed by atoms with E-state index in [1.54, 1.807) is 10.7 Å². The van der Waals surface area contributed by atoms with Crippen molar-refractivity contribution in [2.45, 2.75) is 56.8 Å². The average Bonchev–Trinajstić information content (AvgIpc) is 3.84. The van der Waals surface area contributed by atoms with Crippen LogP contribution in [-0.2, 0) is 20.8 Å². The highest BCUT2D eigenvalue weighted by Crippen LogP contribution is 2.38. The van der Waals surface area contributed by atoms with Crippen LogP contribution in [0.5, 0.6) is 0 Å². The van der Waals surface area contributed by atoms with Gasteiger partial charge in [-0.1, -0.05) is 0 Å². The molecule has 0 unspecified atom stereocenters. The van der Waals surface area contributed by atoms with Crippen molar-refractivity contribution < 1.29 is 23.9 Å². The summed E-state index contributed by atoms with van der Waals surface area (Å²) in [4.78, 5) is 50.0. The smallest absolute Gasteiger partial charge is 0.261 e. The lowest BCUT2D eigenvalue weighted by molar-refractivity contribution is -0.112. The van der Waals surface area contributed by atoms with Crippen molar-refractivity contribution in [1.82, 2.24) is 19.5 Å². The van der Waals surface area contributed by atoms with Gasteiger partial charge in [0.05, 0.1) is 49.5 Å². The number of hydrogen-bond acceptors (Lipinski definition) is 9. The summed E-state index contributed by atoms with van der Waals surface area (Å²) in [7, 11) is 0. The summed E-state index contributed by atoms with van der Waals surface area (Å²) in [5.41, 5.74) is 3.95. The van der Waals surface area contributed by atoms with Crippen LogP contribution in [0.1, 0.15) is 58.4 Å². The third-order valence-corrected chi connectivity index (χ3v) is 9.82. The highest BCUT2D eigenvalue weighted by molar-refractivity contribution is 6.10. The van der Waals surface area contributed by atoms with Gasteiger partial charge in [0.1, 0.15) is 17.7 Å². The number of nitrogens with zero attached hydrogens (tertiary/aromatic N) is 6. The van der Waals surface area contributed by atoms with Crippen LogP contribution in [0, 0.1) is 5.92 Å². The summed E-state index contributed by atoms with van der Waals surface area (Å²) in [5.74, 6) is 0.646. The number of rotatable bonds is 6. The van der Waals surface area contributed by atoms with Gasteiger partial charge in [-0.05, 0) is 55.9 Å². The minimum atomic E-state index is -0.297. The monoisotopic (exact) mass is 585 g/mol. The topological polar surface area (TPSA) is 122 Å². The van der Waals surface area contributed by atoms with E-state index in [1.165, 1.54) is 0 Å².